The van der Waals surface area contributed by atoms with Gasteiger partial charge in [-0.15, -0.1) is 0 Å². The first-order valence-electron chi connectivity index (χ1n) is 7.75. The number of hydrogen-bond donors (Lipinski definition) is 2. The maximum Gasteiger partial charge on any atom is 0.0638 e. The van der Waals surface area contributed by atoms with Crippen LogP contribution < -0.4 is 10.2 Å². The highest BCUT2D eigenvalue weighted by molar-refractivity contribution is 5.46. The van der Waals surface area contributed by atoms with Crippen molar-refractivity contribution in [1.82, 2.24) is 15.5 Å². The molecule has 4 heteroatoms. The summed E-state index contributed by atoms with van der Waals surface area (Å²) in [5, 5.41) is 10.9. The van der Waals surface area contributed by atoms with Crippen LogP contribution in [0.2, 0.25) is 0 Å². The van der Waals surface area contributed by atoms with Gasteiger partial charge < -0.3 is 10.2 Å². The summed E-state index contributed by atoms with van der Waals surface area (Å²) in [4.78, 5) is 2.49. The van der Waals surface area contributed by atoms with Gasteiger partial charge in [0.05, 0.1) is 5.69 Å². The molecule has 1 aromatic carbocycles. The Morgan fingerprint density at radius 2 is 2.10 bits per heavy atom. The van der Waals surface area contributed by atoms with Gasteiger partial charge in [-0.3, -0.25) is 5.10 Å². The summed E-state index contributed by atoms with van der Waals surface area (Å²) in [5.41, 5.74) is 4.95. The zero-order chi connectivity index (χ0) is 14.7. The summed E-state index contributed by atoms with van der Waals surface area (Å²) < 4.78 is 0. The first kappa shape index (κ1) is 14.1. The molecule has 2 heterocycles. The number of aromatic nitrogens is 2. The predicted molar refractivity (Wildman–Crippen MR) is 86.5 cm³/mol. The van der Waals surface area contributed by atoms with Crippen LogP contribution in [-0.2, 0) is 6.54 Å². The molecule has 21 heavy (non-hydrogen) atoms. The molecule has 0 saturated carbocycles. The SMILES string of the molecule is Cc1n[nH]c(C)c1CNC[C@@H]1CCN(c2ccccc2)C1. The van der Waals surface area contributed by atoms with Crippen molar-refractivity contribution in [2.75, 3.05) is 24.5 Å². The van der Waals surface area contributed by atoms with Gasteiger partial charge in [0.2, 0.25) is 0 Å². The van der Waals surface area contributed by atoms with E-state index in [2.05, 4.69) is 64.6 Å². The van der Waals surface area contributed by atoms with Crippen molar-refractivity contribution in [3.63, 3.8) is 0 Å². The summed E-state index contributed by atoms with van der Waals surface area (Å²) in [6.07, 6.45) is 1.27. The van der Waals surface area contributed by atoms with Gasteiger partial charge in [-0.05, 0) is 38.3 Å². The Morgan fingerprint density at radius 1 is 1.29 bits per heavy atom. The van der Waals surface area contributed by atoms with Crippen LogP contribution in [0.15, 0.2) is 30.3 Å². The number of H-pyrrole nitrogens is 1. The number of rotatable bonds is 5. The Morgan fingerprint density at radius 3 is 2.81 bits per heavy atom. The molecule has 3 rings (SSSR count). The lowest BCUT2D eigenvalue weighted by Crippen LogP contribution is -2.26. The number of para-hydroxylation sites is 1. The fraction of sp³-hybridized carbons (Fsp3) is 0.471. The molecule has 2 N–H and O–H groups in total. The average Bonchev–Trinajstić information content (AvgIpc) is 3.10. The molecular formula is C17H24N4. The number of benzene rings is 1. The highest BCUT2D eigenvalue weighted by Crippen LogP contribution is 2.23. The Bertz CT molecular complexity index is 556. The van der Waals surface area contributed by atoms with E-state index in [1.165, 1.54) is 29.9 Å². The van der Waals surface area contributed by atoms with E-state index < -0.39 is 0 Å². The molecular weight excluding hydrogens is 260 g/mol. The third-order valence-electron chi connectivity index (χ3n) is 4.42. The van der Waals surface area contributed by atoms with Crippen LogP contribution in [0.4, 0.5) is 5.69 Å². The summed E-state index contributed by atoms with van der Waals surface area (Å²) in [6.45, 7) is 8.46. The van der Waals surface area contributed by atoms with Gasteiger partial charge in [0.25, 0.3) is 0 Å². The third-order valence-corrected chi connectivity index (χ3v) is 4.42. The minimum Gasteiger partial charge on any atom is -0.371 e. The van der Waals surface area contributed by atoms with Crippen molar-refractivity contribution in [3.05, 3.63) is 47.3 Å². The summed E-state index contributed by atoms with van der Waals surface area (Å²) in [5.74, 6) is 0.734. The highest BCUT2D eigenvalue weighted by atomic mass is 15.2. The summed E-state index contributed by atoms with van der Waals surface area (Å²) in [6, 6.07) is 10.7. The van der Waals surface area contributed by atoms with E-state index in [-0.39, 0.29) is 0 Å². The molecule has 112 valence electrons. The Hall–Kier alpha value is -1.81. The molecule has 1 aromatic heterocycles. The van der Waals surface area contributed by atoms with Gasteiger partial charge in [-0.25, -0.2) is 0 Å². The summed E-state index contributed by atoms with van der Waals surface area (Å²) in [7, 11) is 0. The lowest BCUT2D eigenvalue weighted by molar-refractivity contribution is 0.515. The molecule has 1 aliphatic heterocycles. The normalized spacial score (nSPS) is 18.4. The Labute approximate surface area is 126 Å². The molecule has 1 saturated heterocycles. The summed E-state index contributed by atoms with van der Waals surface area (Å²) >= 11 is 0. The molecule has 0 amide bonds. The highest BCUT2D eigenvalue weighted by Gasteiger charge is 2.22. The van der Waals surface area contributed by atoms with Crippen molar-refractivity contribution >= 4 is 5.69 Å². The Kier molecular flexibility index (Phi) is 4.25. The second-order valence-corrected chi connectivity index (χ2v) is 5.98. The predicted octanol–water partition coefficient (Wildman–Crippen LogP) is 2.64. The Balaban J connectivity index is 1.47. The number of nitrogens with one attached hydrogen (secondary N) is 2. The zero-order valence-electron chi connectivity index (χ0n) is 12.9. The molecule has 0 unspecified atom stereocenters. The minimum absolute atomic E-state index is 0.734. The van der Waals surface area contributed by atoms with E-state index >= 15 is 0 Å². The van der Waals surface area contributed by atoms with Crippen molar-refractivity contribution in [1.29, 1.82) is 0 Å². The number of hydrogen-bond acceptors (Lipinski definition) is 3. The largest absolute Gasteiger partial charge is 0.371 e. The molecule has 1 atom stereocenters. The van der Waals surface area contributed by atoms with Crippen LogP contribution >= 0.6 is 0 Å². The van der Waals surface area contributed by atoms with Crippen molar-refractivity contribution < 1.29 is 0 Å². The molecule has 4 nitrogen and oxygen atoms in total. The zero-order valence-corrected chi connectivity index (χ0v) is 12.9. The second-order valence-electron chi connectivity index (χ2n) is 5.98. The van der Waals surface area contributed by atoms with Gasteiger partial charge in [0.15, 0.2) is 0 Å². The van der Waals surface area contributed by atoms with E-state index in [4.69, 9.17) is 0 Å². The average molecular weight is 284 g/mol. The fourth-order valence-corrected chi connectivity index (χ4v) is 3.11. The minimum atomic E-state index is 0.734. The van der Waals surface area contributed by atoms with Crippen molar-refractivity contribution in [2.24, 2.45) is 5.92 Å². The van der Waals surface area contributed by atoms with E-state index in [0.717, 1.165) is 31.2 Å². The van der Waals surface area contributed by atoms with E-state index in [9.17, 15) is 0 Å². The molecule has 0 radical (unpaired) electrons. The van der Waals surface area contributed by atoms with Crippen LogP contribution in [0.5, 0.6) is 0 Å². The van der Waals surface area contributed by atoms with Gasteiger partial charge in [0, 0.05) is 43.1 Å². The molecule has 1 aliphatic rings. The maximum atomic E-state index is 4.25. The smallest absolute Gasteiger partial charge is 0.0638 e. The lowest BCUT2D eigenvalue weighted by Gasteiger charge is -2.18. The number of aryl methyl sites for hydroxylation is 2. The van der Waals surface area contributed by atoms with E-state index in [1.54, 1.807) is 0 Å². The van der Waals surface area contributed by atoms with E-state index in [1.807, 2.05) is 0 Å². The fourth-order valence-electron chi connectivity index (χ4n) is 3.11. The molecule has 2 aromatic rings. The van der Waals surface area contributed by atoms with Crippen molar-refractivity contribution in [3.8, 4) is 0 Å². The topological polar surface area (TPSA) is 44.0 Å². The van der Waals surface area contributed by atoms with Gasteiger partial charge in [-0.1, -0.05) is 18.2 Å². The maximum absolute atomic E-state index is 4.25. The number of anilines is 1. The number of aromatic amines is 1. The second kappa shape index (κ2) is 6.31. The molecule has 0 spiro atoms. The first-order valence-corrected chi connectivity index (χ1v) is 7.75. The van der Waals surface area contributed by atoms with Crippen molar-refractivity contribution in [2.45, 2.75) is 26.8 Å². The van der Waals surface area contributed by atoms with Crippen LogP contribution in [-0.4, -0.2) is 29.8 Å². The van der Waals surface area contributed by atoms with Crippen LogP contribution in [0.1, 0.15) is 23.4 Å². The standard InChI is InChI=1S/C17H24N4/c1-13-17(14(2)20-19-13)11-18-10-15-8-9-21(12-15)16-6-4-3-5-7-16/h3-7,15,18H,8-12H2,1-2H3,(H,19,20)/t15-/m0/s1. The van der Waals surface area contributed by atoms with Gasteiger partial charge in [0.1, 0.15) is 0 Å². The lowest BCUT2D eigenvalue weighted by atomic mass is 10.1. The molecule has 0 bridgehead atoms. The molecule has 1 fully saturated rings. The third kappa shape index (κ3) is 3.27. The monoisotopic (exact) mass is 284 g/mol. The quantitative estimate of drug-likeness (QED) is 0.887. The van der Waals surface area contributed by atoms with Crippen LogP contribution in [0.3, 0.4) is 0 Å². The number of nitrogens with zero attached hydrogens (tertiary/aromatic N) is 2. The molecule has 0 aliphatic carbocycles. The van der Waals surface area contributed by atoms with E-state index in [0.29, 0.717) is 0 Å². The van der Waals surface area contributed by atoms with Gasteiger partial charge >= 0.3 is 0 Å². The first-order chi connectivity index (χ1) is 10.2. The van der Waals surface area contributed by atoms with Crippen LogP contribution in [0, 0.1) is 19.8 Å². The van der Waals surface area contributed by atoms with Crippen LogP contribution in [0.25, 0.3) is 0 Å². The van der Waals surface area contributed by atoms with Gasteiger partial charge in [-0.2, -0.15) is 5.10 Å².